The second kappa shape index (κ2) is 8.28. The zero-order valence-electron chi connectivity index (χ0n) is 14.4. The van der Waals surface area contributed by atoms with Gasteiger partial charge < -0.3 is 15.4 Å². The molecule has 0 aliphatic heterocycles. The van der Waals surface area contributed by atoms with E-state index in [-0.39, 0.29) is 16.8 Å². The number of sulfonamides is 1. The molecular weight excluding hydrogens is 362 g/mol. The minimum Gasteiger partial charge on any atom is -0.452 e. The molecule has 1 atom stereocenters. The minimum absolute atomic E-state index is 0.0704. The van der Waals surface area contributed by atoms with Crippen LogP contribution >= 0.6 is 0 Å². The molecule has 10 heteroatoms. The van der Waals surface area contributed by atoms with Crippen molar-refractivity contribution in [1.29, 1.82) is 0 Å². The number of anilines is 1. The largest absolute Gasteiger partial charge is 0.452 e. The summed E-state index contributed by atoms with van der Waals surface area (Å²) in [6.07, 6.45) is 0.824. The molecule has 2 amide bonds. The van der Waals surface area contributed by atoms with E-state index in [0.29, 0.717) is 5.69 Å². The van der Waals surface area contributed by atoms with Gasteiger partial charge in [0.1, 0.15) is 6.54 Å². The Labute approximate surface area is 151 Å². The highest BCUT2D eigenvalue weighted by Gasteiger charge is 2.27. The van der Waals surface area contributed by atoms with Crippen molar-refractivity contribution in [3.8, 4) is 0 Å². The van der Waals surface area contributed by atoms with E-state index < -0.39 is 34.5 Å². The lowest BCUT2D eigenvalue weighted by Gasteiger charge is -2.13. The predicted molar refractivity (Wildman–Crippen MR) is 92.7 cm³/mol. The summed E-state index contributed by atoms with van der Waals surface area (Å²) in [6, 6.07) is 5.59. The van der Waals surface area contributed by atoms with Crippen molar-refractivity contribution in [2.75, 3.05) is 11.9 Å². The molecule has 1 fully saturated rings. The van der Waals surface area contributed by atoms with Gasteiger partial charge in [-0.1, -0.05) is 0 Å². The van der Waals surface area contributed by atoms with Crippen molar-refractivity contribution in [3.63, 3.8) is 0 Å². The number of hydrogen-bond acceptors (Lipinski definition) is 6. The molecule has 2 rings (SSSR count). The molecule has 26 heavy (non-hydrogen) atoms. The summed E-state index contributed by atoms with van der Waals surface area (Å²) in [5.41, 5.74) is 0.450. The second-order valence-corrected chi connectivity index (χ2v) is 7.71. The Morgan fingerprint density at radius 3 is 2.35 bits per heavy atom. The quantitative estimate of drug-likeness (QED) is 0.547. The van der Waals surface area contributed by atoms with Crippen LogP contribution in [0.5, 0.6) is 0 Å². The van der Waals surface area contributed by atoms with Crippen molar-refractivity contribution in [2.24, 2.45) is 0 Å². The number of nitrogens with one attached hydrogen (secondary N) is 3. The molecular formula is C16H21N3O6S. The van der Waals surface area contributed by atoms with E-state index in [2.05, 4.69) is 15.4 Å². The van der Waals surface area contributed by atoms with Gasteiger partial charge in [-0.15, -0.1) is 0 Å². The molecule has 1 aromatic rings. The highest BCUT2D eigenvalue weighted by molar-refractivity contribution is 7.89. The van der Waals surface area contributed by atoms with Gasteiger partial charge in [-0.2, -0.15) is 4.72 Å². The van der Waals surface area contributed by atoms with Crippen LogP contribution in [-0.4, -0.2) is 44.9 Å². The van der Waals surface area contributed by atoms with Gasteiger partial charge in [0.15, 0.2) is 6.10 Å². The van der Waals surface area contributed by atoms with E-state index in [1.165, 1.54) is 38.1 Å². The first-order valence-electron chi connectivity index (χ1n) is 8.04. The lowest BCUT2D eigenvalue weighted by molar-refractivity contribution is -0.153. The summed E-state index contributed by atoms with van der Waals surface area (Å²) in [4.78, 5) is 34.3. The van der Waals surface area contributed by atoms with Gasteiger partial charge in [-0.05, 0) is 44.0 Å². The monoisotopic (exact) mass is 383 g/mol. The number of carbonyl (C=O) groups excluding carboxylic acids is 3. The van der Waals surface area contributed by atoms with Crippen LogP contribution in [0, 0.1) is 0 Å². The smallest absolute Gasteiger partial charge is 0.321 e. The normalized spacial score (nSPS) is 15.0. The van der Waals surface area contributed by atoms with Gasteiger partial charge in [0.2, 0.25) is 15.9 Å². The van der Waals surface area contributed by atoms with Crippen LogP contribution in [-0.2, 0) is 29.1 Å². The van der Waals surface area contributed by atoms with Gasteiger partial charge in [-0.25, -0.2) is 8.42 Å². The van der Waals surface area contributed by atoms with E-state index in [0.717, 1.165) is 12.8 Å². The number of hydrogen-bond donors (Lipinski definition) is 3. The standard InChI is InChI=1S/C16H21N3O6S/c1-10(16(22)19-13-3-4-13)25-15(21)9-17-26(23,24)14-7-5-12(6-8-14)18-11(2)20/h5-8,10,13,17H,3-4,9H2,1-2H3,(H,18,20)(H,19,22)/t10-/m0/s1. The maximum Gasteiger partial charge on any atom is 0.321 e. The van der Waals surface area contributed by atoms with Crippen LogP contribution in [0.1, 0.15) is 26.7 Å². The van der Waals surface area contributed by atoms with Crippen LogP contribution in [0.4, 0.5) is 5.69 Å². The van der Waals surface area contributed by atoms with E-state index in [1.54, 1.807) is 0 Å². The second-order valence-electron chi connectivity index (χ2n) is 5.95. The summed E-state index contributed by atoms with van der Waals surface area (Å²) in [6.45, 7) is 2.16. The van der Waals surface area contributed by atoms with Gasteiger partial charge in [0.25, 0.3) is 5.91 Å². The first kappa shape index (κ1) is 19.9. The van der Waals surface area contributed by atoms with Crippen molar-refractivity contribution < 1.29 is 27.5 Å². The molecule has 0 bridgehead atoms. The van der Waals surface area contributed by atoms with E-state index in [9.17, 15) is 22.8 Å². The summed E-state index contributed by atoms with van der Waals surface area (Å²) < 4.78 is 31.3. The van der Waals surface area contributed by atoms with E-state index >= 15 is 0 Å². The Kier molecular flexibility index (Phi) is 6.32. The molecule has 0 saturated heterocycles. The Morgan fingerprint density at radius 2 is 1.81 bits per heavy atom. The molecule has 9 nitrogen and oxygen atoms in total. The third-order valence-corrected chi connectivity index (χ3v) is 4.91. The first-order valence-corrected chi connectivity index (χ1v) is 9.53. The molecule has 0 radical (unpaired) electrons. The molecule has 0 heterocycles. The lowest BCUT2D eigenvalue weighted by atomic mass is 10.3. The summed E-state index contributed by atoms with van der Waals surface area (Å²) >= 11 is 0. The Balaban J connectivity index is 1.85. The SMILES string of the molecule is CC(=O)Nc1ccc(S(=O)(=O)NCC(=O)O[C@@H](C)C(=O)NC2CC2)cc1. The fourth-order valence-corrected chi connectivity index (χ4v) is 2.97. The number of amides is 2. The van der Waals surface area contributed by atoms with Crippen molar-refractivity contribution >= 4 is 33.5 Å². The van der Waals surface area contributed by atoms with Crippen molar-refractivity contribution in [1.82, 2.24) is 10.0 Å². The lowest BCUT2D eigenvalue weighted by Crippen LogP contribution is -2.39. The average Bonchev–Trinajstić information content (AvgIpc) is 3.37. The number of ether oxygens (including phenoxy) is 1. The minimum atomic E-state index is -3.93. The summed E-state index contributed by atoms with van der Waals surface area (Å²) in [7, 11) is -3.93. The third-order valence-electron chi connectivity index (χ3n) is 3.49. The molecule has 1 aliphatic carbocycles. The number of rotatable bonds is 8. The fraction of sp³-hybridized carbons (Fsp3) is 0.438. The zero-order chi connectivity index (χ0) is 19.3. The van der Waals surface area contributed by atoms with Gasteiger partial charge in [0, 0.05) is 18.7 Å². The molecule has 3 N–H and O–H groups in total. The molecule has 0 spiro atoms. The molecule has 1 aliphatic rings. The van der Waals surface area contributed by atoms with E-state index in [4.69, 9.17) is 4.74 Å². The zero-order valence-corrected chi connectivity index (χ0v) is 15.3. The predicted octanol–water partition coefficient (Wildman–Crippen LogP) is 0.134. The third kappa shape index (κ3) is 6.12. The molecule has 1 saturated carbocycles. The highest BCUT2D eigenvalue weighted by Crippen LogP contribution is 2.18. The molecule has 1 aromatic carbocycles. The molecule has 142 valence electrons. The Hall–Kier alpha value is -2.46. The van der Waals surface area contributed by atoms with Gasteiger partial charge in [-0.3, -0.25) is 14.4 Å². The van der Waals surface area contributed by atoms with Crippen molar-refractivity contribution in [3.05, 3.63) is 24.3 Å². The maximum absolute atomic E-state index is 12.2. The highest BCUT2D eigenvalue weighted by atomic mass is 32.2. The summed E-state index contributed by atoms with van der Waals surface area (Å²) in [5.74, 6) is -1.54. The van der Waals surface area contributed by atoms with Crippen molar-refractivity contribution in [2.45, 2.75) is 43.7 Å². The topological polar surface area (TPSA) is 131 Å². The van der Waals surface area contributed by atoms with Crippen LogP contribution < -0.4 is 15.4 Å². The van der Waals surface area contributed by atoms with Crippen LogP contribution in [0.15, 0.2) is 29.2 Å². The average molecular weight is 383 g/mol. The Bertz CT molecular complexity index is 787. The number of carbonyl (C=O) groups is 3. The summed E-state index contributed by atoms with van der Waals surface area (Å²) in [5, 5.41) is 5.21. The van der Waals surface area contributed by atoms with Gasteiger partial charge >= 0.3 is 5.97 Å². The first-order chi connectivity index (χ1) is 12.2. The van der Waals surface area contributed by atoms with Crippen LogP contribution in [0.25, 0.3) is 0 Å². The fourth-order valence-electron chi connectivity index (χ4n) is 2.00. The Morgan fingerprint density at radius 1 is 1.19 bits per heavy atom. The molecule has 0 aromatic heterocycles. The molecule has 0 unspecified atom stereocenters. The van der Waals surface area contributed by atoms with Crippen LogP contribution in [0.2, 0.25) is 0 Å². The maximum atomic E-state index is 12.2. The van der Waals surface area contributed by atoms with Crippen LogP contribution in [0.3, 0.4) is 0 Å². The number of esters is 1. The van der Waals surface area contributed by atoms with E-state index in [1.807, 2.05) is 0 Å². The number of benzene rings is 1. The van der Waals surface area contributed by atoms with Gasteiger partial charge in [0.05, 0.1) is 4.90 Å².